The van der Waals surface area contributed by atoms with Gasteiger partial charge in [-0.15, -0.1) is 0 Å². The van der Waals surface area contributed by atoms with E-state index in [2.05, 4.69) is 5.32 Å². The van der Waals surface area contributed by atoms with Crippen LogP contribution in [0.4, 0.5) is 0 Å². The summed E-state index contributed by atoms with van der Waals surface area (Å²) in [6, 6.07) is -0.421. The van der Waals surface area contributed by atoms with Crippen LogP contribution in [0.5, 0.6) is 0 Å². The molecule has 0 aliphatic carbocycles. The molecule has 0 aromatic rings. The van der Waals surface area contributed by atoms with Gasteiger partial charge in [0.05, 0.1) is 12.1 Å². The number of nitrogens with one attached hydrogen (secondary N) is 1. The van der Waals surface area contributed by atoms with E-state index in [-0.39, 0.29) is 11.7 Å². The molecule has 2 atom stereocenters. The Morgan fingerprint density at radius 2 is 1.82 bits per heavy atom. The number of carbonyl (C=O) groups is 1. The van der Waals surface area contributed by atoms with Gasteiger partial charge in [0, 0.05) is 5.92 Å². The van der Waals surface area contributed by atoms with Crippen molar-refractivity contribution in [2.45, 2.75) is 32.9 Å². The molecule has 0 spiro atoms. The van der Waals surface area contributed by atoms with Crippen LogP contribution in [0.15, 0.2) is 0 Å². The standard InChI is InChI=1S/C8H17NO2/c1-5(2)8(11)7(9-4)6(3)10/h5-7,9-10H,1-4H3/t6?,7-/m1/s1. The average Bonchev–Trinajstić information content (AvgIpc) is 1.88. The minimum absolute atomic E-state index is 0.0259. The third kappa shape index (κ3) is 2.99. The molecule has 11 heavy (non-hydrogen) atoms. The molecule has 0 saturated carbocycles. The molecule has 0 aromatic carbocycles. The lowest BCUT2D eigenvalue weighted by Gasteiger charge is -2.19. The van der Waals surface area contributed by atoms with Crippen molar-refractivity contribution < 1.29 is 9.90 Å². The molecule has 0 fully saturated rings. The van der Waals surface area contributed by atoms with Gasteiger partial charge in [-0.25, -0.2) is 0 Å². The van der Waals surface area contributed by atoms with Gasteiger partial charge in [0.1, 0.15) is 0 Å². The molecule has 0 amide bonds. The van der Waals surface area contributed by atoms with E-state index < -0.39 is 12.1 Å². The summed E-state index contributed by atoms with van der Waals surface area (Å²) in [6.07, 6.45) is -0.616. The Hall–Kier alpha value is -0.410. The highest BCUT2D eigenvalue weighted by atomic mass is 16.3. The second-order valence-corrected chi connectivity index (χ2v) is 3.06. The van der Waals surface area contributed by atoms with E-state index in [0.29, 0.717) is 0 Å². The highest BCUT2D eigenvalue weighted by Crippen LogP contribution is 2.02. The van der Waals surface area contributed by atoms with E-state index in [4.69, 9.17) is 5.11 Å². The van der Waals surface area contributed by atoms with E-state index in [1.165, 1.54) is 0 Å². The Morgan fingerprint density at radius 3 is 1.91 bits per heavy atom. The van der Waals surface area contributed by atoms with Crippen molar-refractivity contribution in [1.29, 1.82) is 0 Å². The Morgan fingerprint density at radius 1 is 1.36 bits per heavy atom. The fraction of sp³-hybridized carbons (Fsp3) is 0.875. The first kappa shape index (κ1) is 10.6. The van der Waals surface area contributed by atoms with E-state index in [9.17, 15) is 4.79 Å². The lowest BCUT2D eigenvalue weighted by atomic mass is 9.98. The summed E-state index contributed by atoms with van der Waals surface area (Å²) in [7, 11) is 1.68. The smallest absolute Gasteiger partial charge is 0.154 e. The van der Waals surface area contributed by atoms with E-state index in [1.54, 1.807) is 14.0 Å². The summed E-state index contributed by atoms with van der Waals surface area (Å²) >= 11 is 0. The quantitative estimate of drug-likeness (QED) is 0.615. The van der Waals surface area contributed by atoms with Crippen LogP contribution < -0.4 is 5.32 Å². The van der Waals surface area contributed by atoms with Gasteiger partial charge >= 0.3 is 0 Å². The molecule has 2 N–H and O–H groups in total. The highest BCUT2D eigenvalue weighted by Gasteiger charge is 2.23. The number of aliphatic hydroxyl groups excluding tert-OH is 1. The molecule has 0 aromatic heterocycles. The Bertz CT molecular complexity index is 132. The summed E-state index contributed by atoms with van der Waals surface area (Å²) in [6.45, 7) is 5.27. The molecule has 1 unspecified atom stereocenters. The minimum atomic E-state index is -0.616. The van der Waals surface area contributed by atoms with Gasteiger partial charge in [-0.1, -0.05) is 13.8 Å². The first-order valence-corrected chi connectivity index (χ1v) is 3.89. The molecule has 0 aliphatic heterocycles. The maximum absolute atomic E-state index is 11.3. The Balaban J connectivity index is 4.15. The first-order chi connectivity index (χ1) is 5.00. The molecule has 0 radical (unpaired) electrons. The molecule has 66 valence electrons. The van der Waals surface area contributed by atoms with Gasteiger partial charge in [-0.2, -0.15) is 0 Å². The van der Waals surface area contributed by atoms with E-state index in [0.717, 1.165) is 0 Å². The molecule has 0 aliphatic rings. The number of ketones is 1. The molecule has 3 nitrogen and oxygen atoms in total. The molecule has 0 heterocycles. The highest BCUT2D eigenvalue weighted by molar-refractivity contribution is 5.86. The predicted molar refractivity (Wildman–Crippen MR) is 44.4 cm³/mol. The first-order valence-electron chi connectivity index (χ1n) is 3.89. The van der Waals surface area contributed by atoms with E-state index in [1.807, 2.05) is 13.8 Å². The topological polar surface area (TPSA) is 49.3 Å². The van der Waals surface area contributed by atoms with Crippen LogP contribution in [0.3, 0.4) is 0 Å². The normalized spacial score (nSPS) is 16.5. The summed E-state index contributed by atoms with van der Waals surface area (Å²) in [5.41, 5.74) is 0. The van der Waals surface area contributed by atoms with Crippen LogP contribution in [0, 0.1) is 5.92 Å². The zero-order valence-corrected chi connectivity index (χ0v) is 7.59. The van der Waals surface area contributed by atoms with Crippen molar-refractivity contribution in [3.8, 4) is 0 Å². The van der Waals surface area contributed by atoms with Crippen molar-refractivity contribution in [3.63, 3.8) is 0 Å². The minimum Gasteiger partial charge on any atom is -0.391 e. The number of aliphatic hydroxyl groups is 1. The summed E-state index contributed by atoms with van der Waals surface area (Å²) in [5, 5.41) is 11.9. The molecule has 0 saturated heterocycles. The van der Waals surface area contributed by atoms with Gasteiger partial charge in [-0.05, 0) is 14.0 Å². The number of rotatable bonds is 4. The number of carbonyl (C=O) groups excluding carboxylic acids is 1. The van der Waals surface area contributed by atoms with Crippen molar-refractivity contribution in [1.82, 2.24) is 5.32 Å². The van der Waals surface area contributed by atoms with Crippen molar-refractivity contribution in [2.75, 3.05) is 7.05 Å². The Kier molecular flexibility index (Phi) is 4.30. The van der Waals surface area contributed by atoms with Gasteiger partial charge < -0.3 is 10.4 Å². The van der Waals surface area contributed by atoms with Crippen molar-refractivity contribution in [2.24, 2.45) is 5.92 Å². The summed E-state index contributed by atoms with van der Waals surface area (Å²) in [5.74, 6) is 0.0320. The van der Waals surface area contributed by atoms with Gasteiger partial charge in [0.2, 0.25) is 0 Å². The summed E-state index contributed by atoms with van der Waals surface area (Å²) in [4.78, 5) is 11.3. The number of hydrogen-bond donors (Lipinski definition) is 2. The average molecular weight is 159 g/mol. The van der Waals surface area contributed by atoms with Crippen LogP contribution >= 0.6 is 0 Å². The largest absolute Gasteiger partial charge is 0.391 e. The van der Waals surface area contributed by atoms with Gasteiger partial charge in [-0.3, -0.25) is 4.79 Å². The second kappa shape index (κ2) is 4.46. The molecular formula is C8H17NO2. The fourth-order valence-electron chi connectivity index (χ4n) is 0.980. The molecular weight excluding hydrogens is 142 g/mol. The lowest BCUT2D eigenvalue weighted by Crippen LogP contribution is -2.44. The zero-order chi connectivity index (χ0) is 9.02. The number of hydrogen-bond acceptors (Lipinski definition) is 3. The van der Waals surface area contributed by atoms with Crippen LogP contribution in [-0.2, 0) is 4.79 Å². The van der Waals surface area contributed by atoms with Crippen LogP contribution in [0.1, 0.15) is 20.8 Å². The van der Waals surface area contributed by atoms with Crippen LogP contribution in [0.2, 0.25) is 0 Å². The third-order valence-corrected chi connectivity index (χ3v) is 1.67. The van der Waals surface area contributed by atoms with Crippen LogP contribution in [-0.4, -0.2) is 30.1 Å². The van der Waals surface area contributed by atoms with Crippen molar-refractivity contribution in [3.05, 3.63) is 0 Å². The van der Waals surface area contributed by atoms with E-state index >= 15 is 0 Å². The lowest BCUT2D eigenvalue weighted by molar-refractivity contribution is -0.126. The maximum Gasteiger partial charge on any atom is 0.154 e. The molecule has 0 rings (SSSR count). The fourth-order valence-corrected chi connectivity index (χ4v) is 0.980. The molecule has 0 bridgehead atoms. The van der Waals surface area contributed by atoms with Crippen LogP contribution in [0.25, 0.3) is 0 Å². The monoisotopic (exact) mass is 159 g/mol. The predicted octanol–water partition coefficient (Wildman–Crippen LogP) is 0.180. The second-order valence-electron chi connectivity index (χ2n) is 3.06. The molecule has 3 heteroatoms. The Labute approximate surface area is 67.8 Å². The van der Waals surface area contributed by atoms with Gasteiger partial charge in [0.15, 0.2) is 5.78 Å². The van der Waals surface area contributed by atoms with Crippen molar-refractivity contribution >= 4 is 5.78 Å². The maximum atomic E-state index is 11.3. The number of likely N-dealkylation sites (N-methyl/N-ethyl adjacent to an activating group) is 1. The third-order valence-electron chi connectivity index (χ3n) is 1.67. The summed E-state index contributed by atoms with van der Waals surface area (Å²) < 4.78 is 0. The zero-order valence-electron chi connectivity index (χ0n) is 7.59. The van der Waals surface area contributed by atoms with Gasteiger partial charge in [0.25, 0.3) is 0 Å². The SMILES string of the molecule is CN[C@@H](C(=O)C(C)C)C(C)O. The number of Topliss-reactive ketones (excluding diaryl/α,β-unsaturated/α-hetero) is 1.